The van der Waals surface area contributed by atoms with Gasteiger partial charge in [0, 0.05) is 65.1 Å². The highest BCUT2D eigenvalue weighted by molar-refractivity contribution is 5.86. The number of aromatic amines is 1. The molecular weight excluding hydrogens is 481 g/mol. The molecule has 5 aromatic heterocycles. The van der Waals surface area contributed by atoms with Gasteiger partial charge in [0.1, 0.15) is 5.82 Å². The Kier molecular flexibility index (Phi) is 4.93. The molecule has 9 nitrogen and oxygen atoms in total. The Bertz CT molecular complexity index is 1990. The number of H-pyrrole nitrogens is 1. The summed E-state index contributed by atoms with van der Waals surface area (Å²) in [5.41, 5.74) is 6.45. The fourth-order valence-corrected chi connectivity index (χ4v) is 4.79. The second-order valence-corrected chi connectivity index (χ2v) is 9.26. The zero-order valence-corrected chi connectivity index (χ0v) is 20.5. The molecule has 0 spiro atoms. The number of nitrogens with zero attached hydrogens (tertiary/aromatic N) is 8. The van der Waals surface area contributed by atoms with Crippen LogP contribution in [0.4, 0.5) is 4.39 Å². The molecule has 7 rings (SSSR count). The lowest BCUT2D eigenvalue weighted by Crippen LogP contribution is -2.07. The number of nitrogens with one attached hydrogen (secondary N) is 1. The van der Waals surface area contributed by atoms with Crippen molar-refractivity contribution in [1.82, 2.24) is 45.1 Å². The topological polar surface area (TPSA) is 111 Å². The molecular formula is C28H20FN9. The van der Waals surface area contributed by atoms with Gasteiger partial charge in [-0.25, -0.2) is 14.4 Å². The number of rotatable bonds is 4. The van der Waals surface area contributed by atoms with Gasteiger partial charge in [-0.05, 0) is 29.8 Å². The Labute approximate surface area is 215 Å². The fourth-order valence-electron chi connectivity index (χ4n) is 4.79. The van der Waals surface area contributed by atoms with Gasteiger partial charge in [0.25, 0.3) is 0 Å². The van der Waals surface area contributed by atoms with Crippen molar-refractivity contribution in [3.8, 4) is 22.4 Å². The van der Waals surface area contributed by atoms with Crippen LogP contribution in [0.2, 0.25) is 0 Å². The zero-order chi connectivity index (χ0) is 25.8. The molecule has 0 aliphatic carbocycles. The summed E-state index contributed by atoms with van der Waals surface area (Å²) in [4.78, 5) is 18.6. The second kappa shape index (κ2) is 8.48. The van der Waals surface area contributed by atoms with Crippen LogP contribution >= 0.6 is 0 Å². The summed E-state index contributed by atoms with van der Waals surface area (Å²) >= 11 is 0. The smallest absolute Gasteiger partial charge is 0.221 e. The molecule has 0 fully saturated rings. The summed E-state index contributed by atoms with van der Waals surface area (Å²) in [6, 6.07) is 15.2. The monoisotopic (exact) mass is 501 g/mol. The van der Waals surface area contributed by atoms with Crippen molar-refractivity contribution >= 4 is 33.1 Å². The molecule has 184 valence electrons. The third-order valence-electron chi connectivity index (χ3n) is 6.78. The van der Waals surface area contributed by atoms with Crippen LogP contribution in [0, 0.1) is 5.82 Å². The third-order valence-corrected chi connectivity index (χ3v) is 6.78. The second-order valence-electron chi connectivity index (χ2n) is 9.26. The molecule has 10 heteroatoms. The minimum atomic E-state index is -0.448. The normalized spacial score (nSPS) is 12.5. The van der Waals surface area contributed by atoms with Crippen LogP contribution in [0.3, 0.4) is 0 Å². The van der Waals surface area contributed by atoms with E-state index in [0.717, 1.165) is 33.0 Å². The highest BCUT2D eigenvalue weighted by Crippen LogP contribution is 2.35. The van der Waals surface area contributed by atoms with E-state index in [0.29, 0.717) is 33.8 Å². The van der Waals surface area contributed by atoms with E-state index >= 15 is 4.39 Å². The maximum atomic E-state index is 15.5. The summed E-state index contributed by atoms with van der Waals surface area (Å²) in [6.07, 6.45) is 7.19. The van der Waals surface area contributed by atoms with E-state index in [2.05, 4.69) is 30.5 Å². The number of halogens is 1. The average molecular weight is 502 g/mol. The van der Waals surface area contributed by atoms with Crippen LogP contribution in [0.15, 0.2) is 73.3 Å². The Morgan fingerprint density at radius 2 is 1.58 bits per heavy atom. The van der Waals surface area contributed by atoms with Crippen LogP contribution in [0.1, 0.15) is 24.1 Å². The fraction of sp³-hybridized carbons (Fsp3) is 0.107. The van der Waals surface area contributed by atoms with E-state index in [-0.39, 0.29) is 5.82 Å². The first-order valence-corrected chi connectivity index (χ1v) is 12.1. The van der Waals surface area contributed by atoms with E-state index < -0.39 is 5.92 Å². The number of aryl methyl sites for hydroxylation is 1. The molecule has 0 amide bonds. The van der Waals surface area contributed by atoms with Crippen molar-refractivity contribution < 1.29 is 4.39 Å². The molecule has 5 heterocycles. The molecule has 7 aromatic rings. The Hall–Kier alpha value is -5.12. The maximum Gasteiger partial charge on any atom is 0.221 e. The van der Waals surface area contributed by atoms with Crippen LogP contribution in [-0.2, 0) is 7.05 Å². The Morgan fingerprint density at radius 1 is 0.816 bits per heavy atom. The van der Waals surface area contributed by atoms with Crippen LogP contribution in [0.5, 0.6) is 0 Å². The van der Waals surface area contributed by atoms with Gasteiger partial charge in [0.2, 0.25) is 11.3 Å². The lowest BCUT2D eigenvalue weighted by Gasteiger charge is -2.17. The molecule has 1 unspecified atom stereocenters. The molecule has 0 saturated carbocycles. The quantitative estimate of drug-likeness (QED) is 0.353. The minimum absolute atomic E-state index is 0.365. The molecule has 38 heavy (non-hydrogen) atoms. The number of para-hydroxylation sites is 1. The SMILES string of the molecule is CC(c1cc2cc(-c3cnn(C)c3)cnc2cc1F)c1nc2n[nH]nc2nc1-c1cnc2ccccc2c1. The van der Waals surface area contributed by atoms with Gasteiger partial charge in [-0.3, -0.25) is 14.6 Å². The van der Waals surface area contributed by atoms with Crippen molar-refractivity contribution in [2.24, 2.45) is 7.05 Å². The molecule has 1 N–H and O–H groups in total. The van der Waals surface area contributed by atoms with Crippen molar-refractivity contribution in [3.63, 3.8) is 0 Å². The average Bonchev–Trinajstić information content (AvgIpc) is 3.59. The Balaban J connectivity index is 1.39. The Morgan fingerprint density at radius 3 is 2.42 bits per heavy atom. The van der Waals surface area contributed by atoms with Crippen LogP contribution < -0.4 is 0 Å². The molecule has 0 bridgehead atoms. The lowest BCUT2D eigenvalue weighted by atomic mass is 9.92. The first kappa shape index (κ1) is 22.1. The van der Waals surface area contributed by atoms with Crippen molar-refractivity contribution in [3.05, 3.63) is 90.4 Å². The number of benzene rings is 2. The standard InChI is InChI=1S/C28H20FN9/c1-15(21-9-17-8-18(20-13-32-38(2)14-20)11-31-24(17)10-22(21)29)25-26(34-28-27(33-25)35-37-36-28)19-7-16-5-3-4-6-23(16)30-12-19/h3-15H,1-2H3,(H,33,34,35,36,37). The van der Waals surface area contributed by atoms with E-state index in [1.165, 1.54) is 6.07 Å². The van der Waals surface area contributed by atoms with Gasteiger partial charge in [-0.2, -0.15) is 10.3 Å². The first-order chi connectivity index (χ1) is 18.5. The summed E-state index contributed by atoms with van der Waals surface area (Å²) < 4.78 is 17.3. The maximum absolute atomic E-state index is 15.5. The highest BCUT2D eigenvalue weighted by atomic mass is 19.1. The molecule has 2 aromatic carbocycles. The predicted molar refractivity (Wildman–Crippen MR) is 142 cm³/mol. The van der Waals surface area contributed by atoms with E-state index in [1.807, 2.05) is 62.6 Å². The number of hydrogen-bond acceptors (Lipinski definition) is 7. The van der Waals surface area contributed by atoms with Crippen molar-refractivity contribution in [1.29, 1.82) is 0 Å². The minimum Gasteiger partial charge on any atom is -0.275 e. The van der Waals surface area contributed by atoms with E-state index in [1.54, 1.807) is 23.3 Å². The third kappa shape index (κ3) is 3.65. The van der Waals surface area contributed by atoms with Gasteiger partial charge in [0.05, 0.1) is 28.6 Å². The van der Waals surface area contributed by atoms with E-state index in [4.69, 9.17) is 9.97 Å². The summed E-state index contributed by atoms with van der Waals surface area (Å²) in [6.45, 7) is 1.91. The van der Waals surface area contributed by atoms with Crippen molar-refractivity contribution in [2.75, 3.05) is 0 Å². The molecule has 0 aliphatic rings. The lowest BCUT2D eigenvalue weighted by molar-refractivity contribution is 0.603. The number of hydrogen-bond donors (Lipinski definition) is 1. The summed E-state index contributed by atoms with van der Waals surface area (Å²) in [7, 11) is 1.86. The van der Waals surface area contributed by atoms with Gasteiger partial charge in [-0.1, -0.05) is 25.1 Å². The number of pyridine rings is 2. The summed E-state index contributed by atoms with van der Waals surface area (Å²) in [5.74, 6) is -0.812. The molecule has 0 saturated heterocycles. The first-order valence-electron chi connectivity index (χ1n) is 12.1. The number of aromatic nitrogens is 9. The van der Waals surface area contributed by atoms with E-state index in [9.17, 15) is 0 Å². The molecule has 0 aliphatic heterocycles. The van der Waals surface area contributed by atoms with Crippen LogP contribution in [0.25, 0.3) is 55.5 Å². The molecule has 0 radical (unpaired) electrons. The van der Waals surface area contributed by atoms with Gasteiger partial charge in [-0.15, -0.1) is 10.2 Å². The van der Waals surface area contributed by atoms with Gasteiger partial charge < -0.3 is 0 Å². The van der Waals surface area contributed by atoms with Gasteiger partial charge >= 0.3 is 0 Å². The highest BCUT2D eigenvalue weighted by Gasteiger charge is 2.23. The van der Waals surface area contributed by atoms with Crippen LogP contribution in [-0.4, -0.2) is 45.1 Å². The summed E-state index contributed by atoms with van der Waals surface area (Å²) in [5, 5.41) is 16.9. The zero-order valence-electron chi connectivity index (χ0n) is 20.5. The number of fused-ring (bicyclic) bond motifs is 3. The van der Waals surface area contributed by atoms with Gasteiger partial charge in [0.15, 0.2) is 0 Å². The predicted octanol–water partition coefficient (Wildman–Crippen LogP) is 5.20. The molecule has 1 atom stereocenters. The largest absolute Gasteiger partial charge is 0.275 e. The van der Waals surface area contributed by atoms with Crippen molar-refractivity contribution in [2.45, 2.75) is 12.8 Å².